The summed E-state index contributed by atoms with van der Waals surface area (Å²) in [5.41, 5.74) is 0. The highest BCUT2D eigenvalue weighted by Gasteiger charge is 2.15. The Morgan fingerprint density at radius 2 is 1.71 bits per heavy atom. The van der Waals surface area contributed by atoms with Crippen LogP contribution in [0.5, 0.6) is 5.75 Å². The number of carbonyl (C=O) groups excluding carboxylic acids is 3. The molecule has 0 bridgehead atoms. The van der Waals surface area contributed by atoms with Gasteiger partial charge in [-0.25, -0.2) is 17.9 Å². The van der Waals surface area contributed by atoms with Crippen molar-refractivity contribution < 1.29 is 32.3 Å². The van der Waals surface area contributed by atoms with Crippen molar-refractivity contribution in [1.82, 2.24) is 15.4 Å². The fourth-order valence-corrected chi connectivity index (χ4v) is 2.95. The van der Waals surface area contributed by atoms with E-state index in [9.17, 15) is 22.8 Å². The van der Waals surface area contributed by atoms with Gasteiger partial charge >= 0.3 is 12.0 Å². The summed E-state index contributed by atoms with van der Waals surface area (Å²) in [6.07, 6.45) is 0.439. The molecule has 3 amide bonds. The quantitative estimate of drug-likeness (QED) is 0.448. The maximum atomic E-state index is 12.1. The van der Waals surface area contributed by atoms with E-state index in [4.69, 9.17) is 4.74 Å². The zero-order valence-electron chi connectivity index (χ0n) is 15.8. The Balaban J connectivity index is 2.34. The molecule has 0 heterocycles. The molecule has 1 rings (SSSR count). The second-order valence-electron chi connectivity index (χ2n) is 5.52. The van der Waals surface area contributed by atoms with Gasteiger partial charge in [-0.2, -0.15) is 0 Å². The molecule has 0 aliphatic heterocycles. The summed E-state index contributed by atoms with van der Waals surface area (Å²) < 4.78 is 36.5. The second kappa shape index (κ2) is 11.9. The third-order valence-corrected chi connectivity index (χ3v) is 4.70. The van der Waals surface area contributed by atoms with E-state index < -0.39 is 34.5 Å². The van der Waals surface area contributed by atoms with Gasteiger partial charge in [0.1, 0.15) is 5.75 Å². The monoisotopic (exact) mass is 415 g/mol. The smallest absolute Gasteiger partial charge is 0.321 e. The molecule has 1 aromatic carbocycles. The van der Waals surface area contributed by atoms with Gasteiger partial charge in [0.05, 0.1) is 17.9 Å². The van der Waals surface area contributed by atoms with Gasteiger partial charge in [-0.3, -0.25) is 14.9 Å². The van der Waals surface area contributed by atoms with Crippen LogP contribution in [0, 0.1) is 0 Å². The van der Waals surface area contributed by atoms with Crippen molar-refractivity contribution in [1.29, 1.82) is 0 Å². The Labute approximate surface area is 164 Å². The molecule has 28 heavy (non-hydrogen) atoms. The van der Waals surface area contributed by atoms with E-state index in [0.717, 1.165) is 0 Å². The maximum Gasteiger partial charge on any atom is 0.321 e. The minimum atomic E-state index is -3.79. The van der Waals surface area contributed by atoms with Gasteiger partial charge < -0.3 is 14.8 Å². The number of amides is 3. The molecule has 0 unspecified atom stereocenters. The highest BCUT2D eigenvalue weighted by atomic mass is 32.2. The molecule has 10 nitrogen and oxygen atoms in total. The number of sulfonamides is 1. The molecule has 0 fully saturated rings. The maximum absolute atomic E-state index is 12.1. The molecular formula is C17H25N3O7S. The first kappa shape index (κ1) is 23.4. The zero-order valence-corrected chi connectivity index (χ0v) is 16.6. The number of hydrogen-bond acceptors (Lipinski definition) is 7. The van der Waals surface area contributed by atoms with Crippen molar-refractivity contribution in [2.45, 2.75) is 31.6 Å². The number of carbonyl (C=O) groups is 3. The summed E-state index contributed by atoms with van der Waals surface area (Å²) in [4.78, 5) is 34.3. The number of nitrogens with one attached hydrogen (secondary N) is 3. The number of ether oxygens (including phenoxy) is 2. The lowest BCUT2D eigenvalue weighted by Crippen LogP contribution is -2.41. The van der Waals surface area contributed by atoms with Crippen molar-refractivity contribution in [3.05, 3.63) is 24.3 Å². The Morgan fingerprint density at radius 1 is 1.04 bits per heavy atom. The molecule has 0 aromatic heterocycles. The minimum Gasteiger partial charge on any atom is -0.494 e. The Kier molecular flexibility index (Phi) is 9.96. The summed E-state index contributed by atoms with van der Waals surface area (Å²) in [5, 5.41) is 4.43. The number of rotatable bonds is 11. The predicted molar refractivity (Wildman–Crippen MR) is 100 cm³/mol. The fourth-order valence-electron chi connectivity index (χ4n) is 1.92. The van der Waals surface area contributed by atoms with Crippen molar-refractivity contribution >= 4 is 27.9 Å². The molecule has 0 aliphatic carbocycles. The van der Waals surface area contributed by atoms with Crippen LogP contribution in [0.2, 0.25) is 0 Å². The minimum absolute atomic E-state index is 0.0294. The molecule has 156 valence electrons. The molecule has 11 heteroatoms. The van der Waals surface area contributed by atoms with Crippen LogP contribution in [-0.4, -0.2) is 52.6 Å². The number of esters is 1. The SMILES string of the molecule is CCCNC(=O)NC(=O)COC(=O)CCNS(=O)(=O)c1ccc(OCC)cc1. The summed E-state index contributed by atoms with van der Waals surface area (Å²) >= 11 is 0. The third-order valence-electron chi connectivity index (χ3n) is 3.22. The van der Waals surface area contributed by atoms with E-state index in [2.05, 4.69) is 14.8 Å². The van der Waals surface area contributed by atoms with Crippen LogP contribution in [-0.2, 0) is 24.3 Å². The lowest BCUT2D eigenvalue weighted by atomic mass is 10.3. The Morgan fingerprint density at radius 3 is 2.32 bits per heavy atom. The van der Waals surface area contributed by atoms with Gasteiger partial charge in [-0.1, -0.05) is 6.92 Å². The number of imide groups is 1. The summed E-state index contributed by atoms with van der Waals surface area (Å²) in [6, 6.07) is 5.16. The first-order valence-electron chi connectivity index (χ1n) is 8.74. The van der Waals surface area contributed by atoms with E-state index in [-0.39, 0.29) is 17.9 Å². The molecule has 0 saturated heterocycles. The molecule has 0 radical (unpaired) electrons. The van der Waals surface area contributed by atoms with Gasteiger partial charge in [0, 0.05) is 13.1 Å². The predicted octanol–water partition coefficient (Wildman–Crippen LogP) is 0.533. The molecule has 0 spiro atoms. The van der Waals surface area contributed by atoms with E-state index in [1.807, 2.05) is 19.2 Å². The van der Waals surface area contributed by atoms with Crippen molar-refractivity contribution in [3.8, 4) is 5.75 Å². The van der Waals surface area contributed by atoms with Crippen molar-refractivity contribution in [2.75, 3.05) is 26.3 Å². The summed E-state index contributed by atoms with van der Waals surface area (Å²) in [6.45, 7) is 3.71. The Bertz CT molecular complexity index is 763. The van der Waals surface area contributed by atoms with Gasteiger partial charge in [-0.15, -0.1) is 0 Å². The highest BCUT2D eigenvalue weighted by Crippen LogP contribution is 2.15. The number of urea groups is 1. The van der Waals surface area contributed by atoms with Crippen LogP contribution in [0.3, 0.4) is 0 Å². The number of benzene rings is 1. The lowest BCUT2D eigenvalue weighted by Gasteiger charge is -2.09. The molecule has 1 aromatic rings. The third kappa shape index (κ3) is 8.82. The van der Waals surface area contributed by atoms with Gasteiger partial charge in [-0.05, 0) is 37.6 Å². The van der Waals surface area contributed by atoms with Crippen LogP contribution < -0.4 is 20.1 Å². The standard InChI is InChI=1S/C17H25N3O7S/c1-3-10-18-17(23)20-15(21)12-27-16(22)9-11-19-28(24,25)14-7-5-13(6-8-14)26-4-2/h5-8,19H,3-4,9-12H2,1-2H3,(H2,18,20,21,23). The highest BCUT2D eigenvalue weighted by molar-refractivity contribution is 7.89. The first-order valence-corrected chi connectivity index (χ1v) is 10.2. The first-order chi connectivity index (χ1) is 13.3. The van der Waals surface area contributed by atoms with E-state index >= 15 is 0 Å². The zero-order chi connectivity index (χ0) is 21.0. The van der Waals surface area contributed by atoms with E-state index in [1.54, 1.807) is 0 Å². The van der Waals surface area contributed by atoms with Gasteiger partial charge in [0.25, 0.3) is 5.91 Å². The summed E-state index contributed by atoms with van der Waals surface area (Å²) in [5.74, 6) is -1.01. The van der Waals surface area contributed by atoms with Crippen LogP contribution >= 0.6 is 0 Å². The van der Waals surface area contributed by atoms with Crippen LogP contribution in [0.4, 0.5) is 4.79 Å². The molecule has 0 saturated carbocycles. The largest absolute Gasteiger partial charge is 0.494 e. The van der Waals surface area contributed by atoms with Crippen LogP contribution in [0.25, 0.3) is 0 Å². The van der Waals surface area contributed by atoms with E-state index in [1.165, 1.54) is 24.3 Å². The second-order valence-corrected chi connectivity index (χ2v) is 7.28. The Hall–Kier alpha value is -2.66. The lowest BCUT2D eigenvalue weighted by molar-refractivity contribution is -0.148. The molecule has 0 atom stereocenters. The topological polar surface area (TPSA) is 140 Å². The van der Waals surface area contributed by atoms with Crippen molar-refractivity contribution in [3.63, 3.8) is 0 Å². The summed E-state index contributed by atoms with van der Waals surface area (Å²) in [7, 11) is -3.79. The van der Waals surface area contributed by atoms with Crippen LogP contribution in [0.1, 0.15) is 26.7 Å². The number of hydrogen-bond donors (Lipinski definition) is 3. The average Bonchev–Trinajstić information content (AvgIpc) is 2.65. The normalized spacial score (nSPS) is 10.8. The van der Waals surface area contributed by atoms with Gasteiger partial charge in [0.2, 0.25) is 10.0 Å². The fraction of sp³-hybridized carbons (Fsp3) is 0.471. The molecule has 0 aliphatic rings. The van der Waals surface area contributed by atoms with Crippen molar-refractivity contribution in [2.24, 2.45) is 0 Å². The van der Waals surface area contributed by atoms with Gasteiger partial charge in [0.15, 0.2) is 6.61 Å². The molecular weight excluding hydrogens is 390 g/mol. The molecule has 3 N–H and O–H groups in total. The van der Waals surface area contributed by atoms with Crippen LogP contribution in [0.15, 0.2) is 29.2 Å². The van der Waals surface area contributed by atoms with E-state index in [0.29, 0.717) is 25.3 Å². The average molecular weight is 415 g/mol.